The monoisotopic (exact) mass is 355 g/mol. The van der Waals surface area contributed by atoms with E-state index in [-0.39, 0.29) is 0 Å². The minimum absolute atomic E-state index is 0.359. The van der Waals surface area contributed by atoms with Gasteiger partial charge in [-0.3, -0.25) is 0 Å². The first-order valence-electron chi connectivity index (χ1n) is 6.67. The van der Waals surface area contributed by atoms with Gasteiger partial charge in [-0.05, 0) is 32.0 Å². The zero-order valence-electron chi connectivity index (χ0n) is 12.2. The Morgan fingerprint density at radius 2 is 1.91 bits per heavy atom. The summed E-state index contributed by atoms with van der Waals surface area (Å²) >= 11 is 2.90. The van der Waals surface area contributed by atoms with Crippen LogP contribution in [0, 0.1) is 13.8 Å². The third-order valence-corrected chi connectivity index (χ3v) is 4.93. The van der Waals surface area contributed by atoms with E-state index in [0.29, 0.717) is 10.8 Å². The summed E-state index contributed by atoms with van der Waals surface area (Å²) in [6.45, 7) is 3.84. The smallest absolute Gasteiger partial charge is 0.332 e. The Labute approximate surface area is 138 Å². The SMILES string of the molecule is Cc1nc(C)c(-c2csc(Nc3cccc(C(F)(F)F)c3)n2)s1. The van der Waals surface area contributed by atoms with E-state index in [1.54, 1.807) is 17.4 Å². The van der Waals surface area contributed by atoms with Gasteiger partial charge in [0.05, 0.1) is 26.8 Å². The second-order valence-electron chi connectivity index (χ2n) is 4.89. The lowest BCUT2D eigenvalue weighted by atomic mass is 10.2. The first-order valence-corrected chi connectivity index (χ1v) is 8.37. The average Bonchev–Trinajstić information content (AvgIpc) is 3.04. The van der Waals surface area contributed by atoms with Crippen LogP contribution in [0.2, 0.25) is 0 Å². The zero-order chi connectivity index (χ0) is 16.6. The summed E-state index contributed by atoms with van der Waals surface area (Å²) in [4.78, 5) is 9.78. The molecule has 3 rings (SSSR count). The van der Waals surface area contributed by atoms with Gasteiger partial charge in [0.2, 0.25) is 0 Å². The molecule has 0 aliphatic heterocycles. The van der Waals surface area contributed by atoms with Gasteiger partial charge in [0.15, 0.2) is 5.13 Å². The summed E-state index contributed by atoms with van der Waals surface area (Å²) in [7, 11) is 0. The van der Waals surface area contributed by atoms with Gasteiger partial charge >= 0.3 is 6.18 Å². The molecule has 1 N–H and O–H groups in total. The number of nitrogens with zero attached hydrogens (tertiary/aromatic N) is 2. The minimum atomic E-state index is -4.36. The Morgan fingerprint density at radius 1 is 1.13 bits per heavy atom. The molecule has 0 spiro atoms. The molecule has 2 heterocycles. The van der Waals surface area contributed by atoms with Crippen molar-refractivity contribution in [2.24, 2.45) is 0 Å². The fourth-order valence-corrected chi connectivity index (χ4v) is 3.78. The molecular weight excluding hydrogens is 343 g/mol. The third kappa shape index (κ3) is 3.53. The lowest BCUT2D eigenvalue weighted by Crippen LogP contribution is -2.05. The topological polar surface area (TPSA) is 37.8 Å². The molecule has 0 aliphatic carbocycles. The maximum absolute atomic E-state index is 12.7. The molecule has 0 saturated heterocycles. The summed E-state index contributed by atoms with van der Waals surface area (Å²) in [6.07, 6.45) is -4.36. The van der Waals surface area contributed by atoms with Crippen molar-refractivity contribution >= 4 is 33.5 Å². The summed E-state index contributed by atoms with van der Waals surface area (Å²) in [6, 6.07) is 5.07. The van der Waals surface area contributed by atoms with Crippen molar-refractivity contribution in [2.45, 2.75) is 20.0 Å². The molecule has 8 heteroatoms. The van der Waals surface area contributed by atoms with Crippen LogP contribution in [-0.4, -0.2) is 9.97 Å². The van der Waals surface area contributed by atoms with E-state index in [9.17, 15) is 13.2 Å². The highest BCUT2D eigenvalue weighted by Gasteiger charge is 2.30. The highest BCUT2D eigenvalue weighted by Crippen LogP contribution is 2.34. The summed E-state index contributed by atoms with van der Waals surface area (Å²) in [5.74, 6) is 0. The standard InChI is InChI=1S/C15H12F3N3S2/c1-8-13(23-9(2)19-8)12-7-22-14(21-12)20-11-5-3-4-10(6-11)15(16,17)18/h3-7H,1-2H3,(H,20,21). The average molecular weight is 355 g/mol. The Morgan fingerprint density at radius 3 is 2.57 bits per heavy atom. The number of hydrogen-bond donors (Lipinski definition) is 1. The number of thiazole rings is 2. The van der Waals surface area contributed by atoms with Crippen LogP contribution >= 0.6 is 22.7 Å². The van der Waals surface area contributed by atoms with Crippen LogP contribution in [0.3, 0.4) is 0 Å². The number of aryl methyl sites for hydroxylation is 2. The number of anilines is 2. The Balaban J connectivity index is 1.84. The molecule has 0 unspecified atom stereocenters. The molecule has 3 nitrogen and oxygen atoms in total. The van der Waals surface area contributed by atoms with Crippen LogP contribution in [0.4, 0.5) is 24.0 Å². The number of halogens is 3. The van der Waals surface area contributed by atoms with Gasteiger partial charge in [0.25, 0.3) is 0 Å². The Hall–Kier alpha value is -1.93. The van der Waals surface area contributed by atoms with E-state index < -0.39 is 11.7 Å². The lowest BCUT2D eigenvalue weighted by molar-refractivity contribution is -0.137. The maximum Gasteiger partial charge on any atom is 0.416 e. The van der Waals surface area contributed by atoms with Gasteiger partial charge in [-0.15, -0.1) is 22.7 Å². The van der Waals surface area contributed by atoms with Crippen LogP contribution in [0.1, 0.15) is 16.3 Å². The number of benzene rings is 1. The largest absolute Gasteiger partial charge is 0.416 e. The number of alkyl halides is 3. The van der Waals surface area contributed by atoms with Gasteiger partial charge in [0.1, 0.15) is 0 Å². The Kier molecular flexibility index (Phi) is 4.11. The summed E-state index contributed by atoms with van der Waals surface area (Å²) in [5.41, 5.74) is 1.36. The number of nitrogens with one attached hydrogen (secondary N) is 1. The molecule has 0 saturated carbocycles. The molecule has 0 bridgehead atoms. The normalized spacial score (nSPS) is 11.7. The highest BCUT2D eigenvalue weighted by atomic mass is 32.1. The quantitative estimate of drug-likeness (QED) is 0.660. The first-order chi connectivity index (χ1) is 10.8. The van der Waals surface area contributed by atoms with E-state index in [2.05, 4.69) is 15.3 Å². The van der Waals surface area contributed by atoms with E-state index in [1.165, 1.54) is 17.4 Å². The number of aromatic nitrogens is 2. The fourth-order valence-electron chi connectivity index (χ4n) is 2.10. The van der Waals surface area contributed by atoms with E-state index in [0.717, 1.165) is 33.4 Å². The van der Waals surface area contributed by atoms with E-state index >= 15 is 0 Å². The van der Waals surface area contributed by atoms with Crippen LogP contribution in [0.25, 0.3) is 10.6 Å². The molecule has 120 valence electrons. The first kappa shape index (κ1) is 15.9. The number of hydrogen-bond acceptors (Lipinski definition) is 5. The molecule has 0 amide bonds. The molecular formula is C15H12F3N3S2. The zero-order valence-corrected chi connectivity index (χ0v) is 13.9. The van der Waals surface area contributed by atoms with Crippen molar-refractivity contribution in [3.8, 4) is 10.6 Å². The summed E-state index contributed by atoms with van der Waals surface area (Å²) < 4.78 is 38.2. The molecule has 0 radical (unpaired) electrons. The maximum atomic E-state index is 12.7. The van der Waals surface area contributed by atoms with E-state index in [1.807, 2.05) is 19.2 Å². The van der Waals surface area contributed by atoms with Gasteiger partial charge in [-0.1, -0.05) is 6.07 Å². The van der Waals surface area contributed by atoms with Crippen LogP contribution in [-0.2, 0) is 6.18 Å². The fraction of sp³-hybridized carbons (Fsp3) is 0.200. The Bertz CT molecular complexity index is 837. The summed E-state index contributed by atoms with van der Waals surface area (Å²) in [5, 5.41) is 6.30. The van der Waals surface area contributed by atoms with Gasteiger partial charge in [0, 0.05) is 11.1 Å². The molecule has 1 aromatic carbocycles. The van der Waals surface area contributed by atoms with E-state index in [4.69, 9.17) is 0 Å². The second kappa shape index (κ2) is 5.93. The molecule has 3 aromatic rings. The molecule has 0 fully saturated rings. The number of rotatable bonds is 3. The second-order valence-corrected chi connectivity index (χ2v) is 6.95. The minimum Gasteiger partial charge on any atom is -0.332 e. The predicted octanol–water partition coefficient (Wildman–Crippen LogP) is 5.65. The van der Waals surface area contributed by atoms with Crippen molar-refractivity contribution < 1.29 is 13.2 Å². The molecule has 2 aromatic heterocycles. The van der Waals surface area contributed by atoms with Gasteiger partial charge in [-0.25, -0.2) is 9.97 Å². The highest BCUT2D eigenvalue weighted by molar-refractivity contribution is 7.16. The van der Waals surface area contributed by atoms with Crippen molar-refractivity contribution in [1.82, 2.24) is 9.97 Å². The van der Waals surface area contributed by atoms with Crippen molar-refractivity contribution in [2.75, 3.05) is 5.32 Å². The van der Waals surface area contributed by atoms with Crippen molar-refractivity contribution in [1.29, 1.82) is 0 Å². The third-order valence-electron chi connectivity index (χ3n) is 3.08. The van der Waals surface area contributed by atoms with Crippen molar-refractivity contribution in [3.63, 3.8) is 0 Å². The lowest BCUT2D eigenvalue weighted by Gasteiger charge is -2.08. The van der Waals surface area contributed by atoms with Crippen LogP contribution in [0.5, 0.6) is 0 Å². The van der Waals surface area contributed by atoms with Gasteiger partial charge < -0.3 is 5.32 Å². The predicted molar refractivity (Wildman–Crippen MR) is 87.4 cm³/mol. The van der Waals surface area contributed by atoms with Crippen LogP contribution < -0.4 is 5.32 Å². The molecule has 0 aliphatic rings. The van der Waals surface area contributed by atoms with Crippen LogP contribution in [0.15, 0.2) is 29.6 Å². The van der Waals surface area contributed by atoms with Crippen molar-refractivity contribution in [3.05, 3.63) is 45.9 Å². The van der Waals surface area contributed by atoms with Gasteiger partial charge in [-0.2, -0.15) is 13.2 Å². The molecule has 0 atom stereocenters. The molecule has 23 heavy (non-hydrogen) atoms.